The number of allylic oxidation sites excluding steroid dienone is 7. The molecule has 0 saturated carbocycles. The van der Waals surface area contributed by atoms with Crippen molar-refractivity contribution >= 4 is 5.91 Å². The Morgan fingerprint density at radius 3 is 1.33 bits per heavy atom. The topological polar surface area (TPSA) is 149 Å². The van der Waals surface area contributed by atoms with E-state index in [0.717, 1.165) is 51.4 Å². The van der Waals surface area contributed by atoms with Crippen molar-refractivity contribution in [2.24, 2.45) is 0 Å². The third kappa shape index (κ3) is 34.2. The molecule has 0 aliphatic carbocycles. The van der Waals surface area contributed by atoms with Crippen LogP contribution in [0.25, 0.3) is 0 Å². The molecule has 6 N–H and O–H groups in total. The predicted octanol–water partition coefficient (Wildman–Crippen LogP) is 12.2. The van der Waals surface area contributed by atoms with Crippen LogP contribution in [0, 0.1) is 0 Å². The van der Waals surface area contributed by atoms with E-state index >= 15 is 0 Å². The third-order valence-corrected chi connectivity index (χ3v) is 12.4. The minimum atomic E-state index is -1.57. The van der Waals surface area contributed by atoms with Crippen molar-refractivity contribution in [2.75, 3.05) is 13.2 Å². The molecule has 0 radical (unpaired) electrons. The van der Waals surface area contributed by atoms with Crippen LogP contribution in [0.1, 0.15) is 232 Å². The van der Waals surface area contributed by atoms with Gasteiger partial charge in [-0.2, -0.15) is 0 Å². The second-order valence-electron chi connectivity index (χ2n) is 18.3. The Balaban J connectivity index is 2.26. The molecule has 1 rings (SSSR count). The lowest BCUT2D eigenvalue weighted by molar-refractivity contribution is -0.302. The van der Waals surface area contributed by atoms with Gasteiger partial charge in [0, 0.05) is 6.42 Å². The van der Waals surface area contributed by atoms with Crippen LogP contribution in [0.3, 0.4) is 0 Å². The molecule has 7 unspecified atom stereocenters. The molecule has 1 saturated heterocycles. The monoisotopic (exact) mass is 890 g/mol. The van der Waals surface area contributed by atoms with E-state index < -0.39 is 49.5 Å². The van der Waals surface area contributed by atoms with Crippen molar-refractivity contribution in [1.82, 2.24) is 5.32 Å². The van der Waals surface area contributed by atoms with Gasteiger partial charge < -0.3 is 40.3 Å². The summed E-state index contributed by atoms with van der Waals surface area (Å²) in [6.45, 7) is 3.74. The SMILES string of the molecule is CCCCCCC/C=C/CC/C=C/CC/C=C/C(O)C(COC1OC(CO)C(O)C(O)C1O)NC(=O)CCCCCCCCCCCCCCC/C=C\CCCCCCCCCC. The largest absolute Gasteiger partial charge is 0.394 e. The second-order valence-corrected chi connectivity index (χ2v) is 18.3. The first-order valence-electron chi connectivity index (χ1n) is 26.4. The van der Waals surface area contributed by atoms with Crippen LogP contribution in [0.2, 0.25) is 0 Å². The zero-order valence-electron chi connectivity index (χ0n) is 40.6. The molecule has 0 aromatic carbocycles. The van der Waals surface area contributed by atoms with E-state index in [1.54, 1.807) is 6.08 Å². The molecule has 0 aromatic rings. The molecule has 1 heterocycles. The Morgan fingerprint density at radius 2 is 0.905 bits per heavy atom. The lowest BCUT2D eigenvalue weighted by atomic mass is 9.99. The first kappa shape index (κ1) is 59.2. The van der Waals surface area contributed by atoms with E-state index in [2.05, 4.69) is 55.6 Å². The van der Waals surface area contributed by atoms with Gasteiger partial charge in [-0.3, -0.25) is 4.79 Å². The van der Waals surface area contributed by atoms with Gasteiger partial charge in [-0.05, 0) is 70.6 Å². The van der Waals surface area contributed by atoms with Crippen LogP contribution in [-0.2, 0) is 14.3 Å². The van der Waals surface area contributed by atoms with Gasteiger partial charge in [0.05, 0.1) is 25.4 Å². The normalized spacial score (nSPS) is 20.5. The Kier molecular flexibility index (Phi) is 41.3. The summed E-state index contributed by atoms with van der Waals surface area (Å²) in [4.78, 5) is 13.0. The van der Waals surface area contributed by atoms with Crippen molar-refractivity contribution < 1.29 is 39.8 Å². The lowest BCUT2D eigenvalue weighted by Gasteiger charge is -2.40. The van der Waals surface area contributed by atoms with Gasteiger partial charge in [0.2, 0.25) is 5.91 Å². The van der Waals surface area contributed by atoms with Crippen molar-refractivity contribution in [1.29, 1.82) is 0 Å². The van der Waals surface area contributed by atoms with E-state index in [1.165, 1.54) is 161 Å². The fourth-order valence-corrected chi connectivity index (χ4v) is 8.12. The summed E-state index contributed by atoms with van der Waals surface area (Å²) in [6.07, 6.45) is 50.3. The molecule has 1 aliphatic heterocycles. The third-order valence-electron chi connectivity index (χ3n) is 12.4. The molecule has 0 spiro atoms. The van der Waals surface area contributed by atoms with Gasteiger partial charge in [-0.15, -0.1) is 0 Å². The number of hydrogen-bond acceptors (Lipinski definition) is 8. The van der Waals surface area contributed by atoms with Crippen molar-refractivity contribution in [2.45, 2.75) is 275 Å². The number of aliphatic hydroxyl groups excluding tert-OH is 5. The Morgan fingerprint density at radius 1 is 0.524 bits per heavy atom. The number of hydrogen-bond donors (Lipinski definition) is 6. The molecular formula is C54H99NO8. The summed E-state index contributed by atoms with van der Waals surface area (Å²) in [5.41, 5.74) is 0. The van der Waals surface area contributed by atoms with Crippen molar-refractivity contribution in [3.05, 3.63) is 48.6 Å². The molecular weight excluding hydrogens is 791 g/mol. The van der Waals surface area contributed by atoms with Gasteiger partial charge in [-0.25, -0.2) is 0 Å². The first-order chi connectivity index (χ1) is 30.8. The minimum Gasteiger partial charge on any atom is -0.394 e. The van der Waals surface area contributed by atoms with Crippen LogP contribution in [0.4, 0.5) is 0 Å². The smallest absolute Gasteiger partial charge is 0.220 e. The highest BCUT2D eigenvalue weighted by Gasteiger charge is 2.44. The van der Waals surface area contributed by atoms with Gasteiger partial charge in [0.1, 0.15) is 24.4 Å². The predicted molar refractivity (Wildman–Crippen MR) is 263 cm³/mol. The van der Waals surface area contributed by atoms with Crippen LogP contribution in [0.5, 0.6) is 0 Å². The summed E-state index contributed by atoms with van der Waals surface area (Å²) in [5, 5.41) is 54.3. The van der Waals surface area contributed by atoms with Crippen molar-refractivity contribution in [3.8, 4) is 0 Å². The quantitative estimate of drug-likeness (QED) is 0.0262. The molecule has 63 heavy (non-hydrogen) atoms. The highest BCUT2D eigenvalue weighted by molar-refractivity contribution is 5.76. The van der Waals surface area contributed by atoms with Crippen LogP contribution in [0.15, 0.2) is 48.6 Å². The number of unbranched alkanes of at least 4 members (excludes halogenated alkanes) is 28. The minimum absolute atomic E-state index is 0.191. The maximum atomic E-state index is 13.0. The molecule has 0 aromatic heterocycles. The van der Waals surface area contributed by atoms with E-state index in [9.17, 15) is 30.3 Å². The van der Waals surface area contributed by atoms with E-state index in [0.29, 0.717) is 6.42 Å². The zero-order chi connectivity index (χ0) is 45.9. The lowest BCUT2D eigenvalue weighted by Crippen LogP contribution is -2.60. The summed E-state index contributed by atoms with van der Waals surface area (Å²) >= 11 is 0. The highest BCUT2D eigenvalue weighted by Crippen LogP contribution is 2.23. The summed E-state index contributed by atoms with van der Waals surface area (Å²) in [6, 6.07) is -0.827. The molecule has 1 amide bonds. The van der Waals surface area contributed by atoms with Crippen LogP contribution >= 0.6 is 0 Å². The number of ether oxygens (including phenoxy) is 2. The standard InChI is InChI=1S/C54H99NO8/c1-3-5-7-9-11-13-15-17-19-20-21-22-23-24-25-26-27-28-30-32-34-36-38-40-42-44-50(58)55-47(46-62-54-53(61)52(60)51(59)49(45-56)63-54)48(57)43-41-39-37-35-33-31-29-18-16-14-12-10-8-6-4-2/h16,18,20-21,33,35,41,43,47-49,51-54,56-57,59-61H,3-15,17,19,22-32,34,36-40,42,44-46H2,1-2H3,(H,55,58)/b18-16+,21-20-,35-33+,43-41+. The molecule has 9 nitrogen and oxygen atoms in total. The fourth-order valence-electron chi connectivity index (χ4n) is 8.12. The molecule has 9 heteroatoms. The number of aliphatic hydroxyl groups is 5. The summed E-state index contributed by atoms with van der Waals surface area (Å²) < 4.78 is 11.2. The maximum absolute atomic E-state index is 13.0. The maximum Gasteiger partial charge on any atom is 0.220 e. The number of amides is 1. The number of rotatable bonds is 44. The van der Waals surface area contributed by atoms with Crippen LogP contribution in [-0.4, -0.2) is 87.5 Å². The summed E-state index contributed by atoms with van der Waals surface area (Å²) in [7, 11) is 0. The molecule has 1 aliphatic rings. The van der Waals surface area contributed by atoms with Gasteiger partial charge in [-0.1, -0.05) is 204 Å². The van der Waals surface area contributed by atoms with E-state index in [-0.39, 0.29) is 12.5 Å². The van der Waals surface area contributed by atoms with Gasteiger partial charge in [0.25, 0.3) is 0 Å². The van der Waals surface area contributed by atoms with Crippen LogP contribution < -0.4 is 5.32 Å². The van der Waals surface area contributed by atoms with Gasteiger partial charge in [0.15, 0.2) is 6.29 Å². The number of carbonyl (C=O) groups excluding carboxylic acids is 1. The fraction of sp³-hybridized carbons (Fsp3) is 0.833. The Hall–Kier alpha value is -1.85. The molecule has 368 valence electrons. The zero-order valence-corrected chi connectivity index (χ0v) is 40.6. The number of carbonyl (C=O) groups is 1. The second kappa shape index (κ2) is 44.0. The van der Waals surface area contributed by atoms with E-state index in [4.69, 9.17) is 9.47 Å². The van der Waals surface area contributed by atoms with E-state index in [1.807, 2.05) is 6.08 Å². The number of nitrogens with one attached hydrogen (secondary N) is 1. The first-order valence-corrected chi connectivity index (χ1v) is 26.4. The molecule has 0 bridgehead atoms. The Bertz CT molecular complexity index is 1130. The highest BCUT2D eigenvalue weighted by atomic mass is 16.7. The van der Waals surface area contributed by atoms with Gasteiger partial charge >= 0.3 is 0 Å². The van der Waals surface area contributed by atoms with Crippen molar-refractivity contribution in [3.63, 3.8) is 0 Å². The molecule has 7 atom stereocenters. The molecule has 1 fully saturated rings. The average molecular weight is 890 g/mol. The Labute approximate surface area is 386 Å². The summed E-state index contributed by atoms with van der Waals surface area (Å²) in [5.74, 6) is -0.191. The average Bonchev–Trinajstić information content (AvgIpc) is 3.28.